The number of pyridine rings is 2. The van der Waals surface area contributed by atoms with E-state index in [1.807, 2.05) is 30.3 Å². The highest BCUT2D eigenvalue weighted by Crippen LogP contribution is 2.33. The number of carbonyl (C=O) groups is 1. The fraction of sp³-hybridized carbons (Fsp3) is 0.0909. The molecule has 1 amide bonds. The molecule has 0 aliphatic carbocycles. The number of hydrogen-bond donors (Lipinski definition) is 1. The van der Waals surface area contributed by atoms with E-state index >= 15 is 0 Å². The van der Waals surface area contributed by atoms with Crippen LogP contribution >= 0.6 is 0 Å². The number of rotatable bonds is 5. The van der Waals surface area contributed by atoms with E-state index in [0.717, 1.165) is 16.3 Å². The van der Waals surface area contributed by atoms with Gasteiger partial charge in [0.1, 0.15) is 0 Å². The lowest BCUT2D eigenvalue weighted by atomic mass is 10.1. The van der Waals surface area contributed by atoms with Crippen molar-refractivity contribution in [1.82, 2.24) is 19.7 Å². The minimum atomic E-state index is -4.63. The van der Waals surface area contributed by atoms with Crippen LogP contribution in [-0.2, 0) is 17.4 Å². The van der Waals surface area contributed by atoms with Gasteiger partial charge in [0.15, 0.2) is 11.5 Å². The van der Waals surface area contributed by atoms with E-state index in [1.165, 1.54) is 30.7 Å². The zero-order chi connectivity index (χ0) is 21.8. The lowest BCUT2D eigenvalue weighted by Gasteiger charge is -2.10. The van der Waals surface area contributed by atoms with E-state index in [9.17, 15) is 18.0 Å². The lowest BCUT2D eigenvalue weighted by Crippen LogP contribution is -2.16. The van der Waals surface area contributed by atoms with Gasteiger partial charge in [-0.15, -0.1) is 0 Å². The maximum absolute atomic E-state index is 13.6. The molecule has 0 saturated heterocycles. The number of benzene rings is 1. The van der Waals surface area contributed by atoms with E-state index in [0.29, 0.717) is 11.3 Å². The molecule has 0 unspecified atom stereocenters. The zero-order valence-electron chi connectivity index (χ0n) is 16.0. The molecule has 0 saturated carbocycles. The smallest absolute Gasteiger partial charge is 0.324 e. The van der Waals surface area contributed by atoms with Crippen molar-refractivity contribution in [2.45, 2.75) is 12.6 Å². The van der Waals surface area contributed by atoms with Gasteiger partial charge in [0.25, 0.3) is 0 Å². The molecule has 3 aromatic heterocycles. The summed E-state index contributed by atoms with van der Waals surface area (Å²) in [7, 11) is 0. The van der Waals surface area contributed by atoms with E-state index in [4.69, 9.17) is 0 Å². The fourth-order valence-corrected chi connectivity index (χ4v) is 2.98. The van der Waals surface area contributed by atoms with Crippen LogP contribution in [0.5, 0.6) is 0 Å². The minimum absolute atomic E-state index is 0.0245. The molecule has 0 bridgehead atoms. The Kier molecular flexibility index (Phi) is 5.48. The van der Waals surface area contributed by atoms with Crippen LogP contribution in [0.15, 0.2) is 79.3 Å². The summed E-state index contributed by atoms with van der Waals surface area (Å²) in [4.78, 5) is 20.1. The Morgan fingerprint density at radius 1 is 1.00 bits per heavy atom. The Balaban J connectivity index is 1.57. The fourth-order valence-electron chi connectivity index (χ4n) is 2.98. The number of anilines is 1. The number of nitrogens with zero attached hydrogens (tertiary/aromatic N) is 4. The van der Waals surface area contributed by atoms with Crippen LogP contribution in [0.3, 0.4) is 0 Å². The molecular formula is C22H16F3N5O. The molecule has 0 aliphatic rings. The van der Waals surface area contributed by atoms with Crippen molar-refractivity contribution in [3.05, 3.63) is 90.5 Å². The summed E-state index contributed by atoms with van der Waals surface area (Å²) in [6.07, 6.45) is -0.195. The third-order valence-corrected chi connectivity index (χ3v) is 4.41. The SMILES string of the molecule is O=C(Cc1ccccc1)Nc1ccc(-n2nc(-c3cccnc3)cc2C(F)(F)F)nc1. The second-order valence-corrected chi connectivity index (χ2v) is 6.68. The Bertz CT molecular complexity index is 1170. The minimum Gasteiger partial charge on any atom is -0.324 e. The van der Waals surface area contributed by atoms with Crippen molar-refractivity contribution in [2.24, 2.45) is 0 Å². The highest BCUT2D eigenvalue weighted by molar-refractivity contribution is 5.92. The second-order valence-electron chi connectivity index (χ2n) is 6.68. The predicted octanol–water partition coefficient (Wildman–Crippen LogP) is 4.53. The molecule has 6 nitrogen and oxygen atoms in total. The van der Waals surface area contributed by atoms with Gasteiger partial charge in [0.2, 0.25) is 5.91 Å². The van der Waals surface area contributed by atoms with Crippen molar-refractivity contribution < 1.29 is 18.0 Å². The van der Waals surface area contributed by atoms with Gasteiger partial charge >= 0.3 is 6.18 Å². The van der Waals surface area contributed by atoms with Crippen LogP contribution in [0.2, 0.25) is 0 Å². The topological polar surface area (TPSA) is 72.7 Å². The monoisotopic (exact) mass is 423 g/mol. The molecule has 31 heavy (non-hydrogen) atoms. The maximum Gasteiger partial charge on any atom is 0.433 e. The number of carbonyl (C=O) groups excluding carboxylic acids is 1. The summed E-state index contributed by atoms with van der Waals surface area (Å²) in [6, 6.07) is 16.2. The molecule has 1 aromatic carbocycles. The number of nitrogens with one attached hydrogen (secondary N) is 1. The first-order valence-corrected chi connectivity index (χ1v) is 9.28. The van der Waals surface area contributed by atoms with Gasteiger partial charge in [-0.25, -0.2) is 9.67 Å². The van der Waals surface area contributed by atoms with Gasteiger partial charge < -0.3 is 5.32 Å². The van der Waals surface area contributed by atoms with Crippen LogP contribution in [0, 0.1) is 0 Å². The highest BCUT2D eigenvalue weighted by Gasteiger charge is 2.36. The number of halogens is 3. The maximum atomic E-state index is 13.6. The van der Waals surface area contributed by atoms with Crippen molar-refractivity contribution in [1.29, 1.82) is 0 Å². The number of amides is 1. The molecule has 0 fully saturated rings. The normalized spacial score (nSPS) is 11.3. The summed E-state index contributed by atoms with van der Waals surface area (Å²) >= 11 is 0. The van der Waals surface area contributed by atoms with Gasteiger partial charge in [-0.1, -0.05) is 30.3 Å². The quantitative estimate of drug-likeness (QED) is 0.512. The Labute approximate surface area is 175 Å². The molecule has 4 rings (SSSR count). The second kappa shape index (κ2) is 8.39. The molecule has 0 radical (unpaired) electrons. The van der Waals surface area contributed by atoms with Crippen molar-refractivity contribution in [2.75, 3.05) is 5.32 Å². The first-order chi connectivity index (χ1) is 14.9. The average molecular weight is 423 g/mol. The van der Waals surface area contributed by atoms with Crippen molar-refractivity contribution >= 4 is 11.6 Å². The molecular weight excluding hydrogens is 407 g/mol. The molecule has 156 valence electrons. The van der Waals surface area contributed by atoms with E-state index in [-0.39, 0.29) is 23.8 Å². The molecule has 0 atom stereocenters. The molecule has 0 spiro atoms. The Hall–Kier alpha value is -4.01. The first-order valence-electron chi connectivity index (χ1n) is 9.28. The van der Waals surface area contributed by atoms with Crippen LogP contribution in [0.1, 0.15) is 11.3 Å². The van der Waals surface area contributed by atoms with Gasteiger partial charge in [0.05, 0.1) is 24.0 Å². The number of alkyl halides is 3. The largest absolute Gasteiger partial charge is 0.433 e. The van der Waals surface area contributed by atoms with Crippen LogP contribution < -0.4 is 5.32 Å². The standard InChI is InChI=1S/C22H16F3N5O/c23-22(24,25)19-12-18(16-7-4-10-26-13-16)29-30(19)20-9-8-17(14-27-20)28-21(31)11-15-5-2-1-3-6-15/h1-10,12-14H,11H2,(H,28,31). The molecule has 0 aliphatic heterocycles. The average Bonchev–Trinajstić information content (AvgIpc) is 3.22. The summed E-state index contributed by atoms with van der Waals surface area (Å²) in [5, 5.41) is 6.75. The summed E-state index contributed by atoms with van der Waals surface area (Å²) in [5.41, 5.74) is 0.843. The number of hydrogen-bond acceptors (Lipinski definition) is 4. The van der Waals surface area contributed by atoms with E-state index < -0.39 is 11.9 Å². The summed E-state index contributed by atoms with van der Waals surface area (Å²) in [5.74, 6) is -0.279. The van der Waals surface area contributed by atoms with E-state index in [2.05, 4.69) is 20.4 Å². The van der Waals surface area contributed by atoms with E-state index in [1.54, 1.807) is 12.1 Å². The van der Waals surface area contributed by atoms with Crippen molar-refractivity contribution in [3.63, 3.8) is 0 Å². The molecule has 3 heterocycles. The first kappa shape index (κ1) is 20.3. The summed E-state index contributed by atoms with van der Waals surface area (Å²) < 4.78 is 41.4. The van der Waals surface area contributed by atoms with Crippen molar-refractivity contribution in [3.8, 4) is 17.1 Å². The third kappa shape index (κ3) is 4.77. The molecule has 4 aromatic rings. The summed E-state index contributed by atoms with van der Waals surface area (Å²) in [6.45, 7) is 0. The van der Waals surface area contributed by atoms with Gasteiger partial charge in [-0.3, -0.25) is 9.78 Å². The van der Waals surface area contributed by atoms with Crippen LogP contribution in [-0.4, -0.2) is 25.7 Å². The highest BCUT2D eigenvalue weighted by atomic mass is 19.4. The Morgan fingerprint density at radius 2 is 1.81 bits per heavy atom. The Morgan fingerprint density at radius 3 is 2.45 bits per heavy atom. The zero-order valence-corrected chi connectivity index (χ0v) is 16.0. The molecule has 9 heteroatoms. The van der Waals surface area contributed by atoms with Gasteiger partial charge in [-0.2, -0.15) is 18.3 Å². The van der Waals surface area contributed by atoms with Gasteiger partial charge in [0, 0.05) is 18.0 Å². The van der Waals surface area contributed by atoms with Crippen LogP contribution in [0.4, 0.5) is 18.9 Å². The lowest BCUT2D eigenvalue weighted by molar-refractivity contribution is -0.142. The predicted molar refractivity (Wildman–Crippen MR) is 108 cm³/mol. The van der Waals surface area contributed by atoms with Gasteiger partial charge in [-0.05, 0) is 35.9 Å². The number of aromatic nitrogens is 4. The molecule has 1 N–H and O–H groups in total. The third-order valence-electron chi connectivity index (χ3n) is 4.41. The van der Waals surface area contributed by atoms with Crippen LogP contribution in [0.25, 0.3) is 17.1 Å².